The van der Waals surface area contributed by atoms with Gasteiger partial charge in [0.25, 0.3) is 0 Å². The fourth-order valence-corrected chi connectivity index (χ4v) is 1.54. The van der Waals surface area contributed by atoms with Gasteiger partial charge in [-0.25, -0.2) is 0 Å². The molecule has 0 aliphatic heterocycles. The average Bonchev–Trinajstić information content (AvgIpc) is 2.96. The third-order valence-corrected chi connectivity index (χ3v) is 2.53. The topological polar surface area (TPSA) is 39.1 Å². The van der Waals surface area contributed by atoms with E-state index in [2.05, 4.69) is 23.3 Å². The molecule has 0 saturated heterocycles. The molecule has 0 bridgehead atoms. The molecule has 3 nitrogen and oxygen atoms in total. The maximum absolute atomic E-state index is 8.65. The SMILES string of the molecule is CC(C#N)CN(C)CCCNC1CC1. The predicted octanol–water partition coefficient (Wildman–Crippen LogP) is 1.22. The molecule has 0 aromatic rings. The van der Waals surface area contributed by atoms with Gasteiger partial charge in [0.05, 0.1) is 12.0 Å². The Morgan fingerprint density at radius 1 is 1.57 bits per heavy atom. The van der Waals surface area contributed by atoms with E-state index in [-0.39, 0.29) is 5.92 Å². The van der Waals surface area contributed by atoms with E-state index in [1.54, 1.807) is 0 Å². The maximum Gasteiger partial charge on any atom is 0.0666 e. The third-order valence-electron chi connectivity index (χ3n) is 2.53. The number of nitriles is 1. The van der Waals surface area contributed by atoms with Crippen LogP contribution in [0.5, 0.6) is 0 Å². The second kappa shape index (κ2) is 6.00. The summed E-state index contributed by atoms with van der Waals surface area (Å²) >= 11 is 0. The zero-order valence-electron chi connectivity index (χ0n) is 9.29. The fraction of sp³-hybridized carbons (Fsp3) is 0.909. The molecule has 0 heterocycles. The molecule has 1 aliphatic rings. The molecule has 0 spiro atoms. The minimum Gasteiger partial charge on any atom is -0.314 e. The van der Waals surface area contributed by atoms with Gasteiger partial charge in [0.2, 0.25) is 0 Å². The van der Waals surface area contributed by atoms with Crippen LogP contribution < -0.4 is 5.32 Å². The zero-order chi connectivity index (χ0) is 10.4. The van der Waals surface area contributed by atoms with Crippen molar-refractivity contribution in [1.29, 1.82) is 5.26 Å². The number of hydrogen-bond donors (Lipinski definition) is 1. The molecule has 0 aromatic carbocycles. The quantitative estimate of drug-likeness (QED) is 0.621. The molecular formula is C11H21N3. The van der Waals surface area contributed by atoms with Crippen molar-refractivity contribution in [3.63, 3.8) is 0 Å². The van der Waals surface area contributed by atoms with Gasteiger partial charge in [0, 0.05) is 12.6 Å². The molecule has 1 aliphatic carbocycles. The minimum atomic E-state index is 0.149. The summed E-state index contributed by atoms with van der Waals surface area (Å²) in [5.41, 5.74) is 0. The predicted molar refractivity (Wildman–Crippen MR) is 57.9 cm³/mol. The highest BCUT2D eigenvalue weighted by Crippen LogP contribution is 2.18. The van der Waals surface area contributed by atoms with Gasteiger partial charge in [-0.3, -0.25) is 0 Å². The van der Waals surface area contributed by atoms with Crippen LogP contribution in [0.2, 0.25) is 0 Å². The van der Waals surface area contributed by atoms with Gasteiger partial charge in [-0.2, -0.15) is 5.26 Å². The molecule has 0 amide bonds. The number of hydrogen-bond acceptors (Lipinski definition) is 3. The Hall–Kier alpha value is -0.590. The van der Waals surface area contributed by atoms with Crippen LogP contribution in [-0.2, 0) is 0 Å². The van der Waals surface area contributed by atoms with Gasteiger partial charge in [0.1, 0.15) is 0 Å². The number of rotatable bonds is 7. The second-order valence-corrected chi connectivity index (χ2v) is 4.37. The van der Waals surface area contributed by atoms with Crippen LogP contribution in [0.15, 0.2) is 0 Å². The summed E-state index contributed by atoms with van der Waals surface area (Å²) in [7, 11) is 2.09. The van der Waals surface area contributed by atoms with Crippen LogP contribution in [0.25, 0.3) is 0 Å². The molecular weight excluding hydrogens is 174 g/mol. The van der Waals surface area contributed by atoms with Crippen molar-refractivity contribution >= 4 is 0 Å². The summed E-state index contributed by atoms with van der Waals surface area (Å²) in [5, 5.41) is 12.1. The smallest absolute Gasteiger partial charge is 0.0666 e. The Labute approximate surface area is 87.1 Å². The molecule has 0 aromatic heterocycles. The van der Waals surface area contributed by atoms with Crippen molar-refractivity contribution in [2.24, 2.45) is 5.92 Å². The van der Waals surface area contributed by atoms with E-state index in [1.807, 2.05) is 6.92 Å². The lowest BCUT2D eigenvalue weighted by Gasteiger charge is -2.17. The first-order valence-electron chi connectivity index (χ1n) is 5.54. The van der Waals surface area contributed by atoms with Crippen molar-refractivity contribution in [1.82, 2.24) is 10.2 Å². The average molecular weight is 195 g/mol. The fourth-order valence-electron chi connectivity index (χ4n) is 1.54. The van der Waals surface area contributed by atoms with Gasteiger partial charge < -0.3 is 10.2 Å². The Kier molecular flexibility index (Phi) is 4.92. The first-order valence-corrected chi connectivity index (χ1v) is 5.54. The van der Waals surface area contributed by atoms with Gasteiger partial charge in [-0.1, -0.05) is 0 Å². The summed E-state index contributed by atoms with van der Waals surface area (Å²) in [4.78, 5) is 2.24. The summed E-state index contributed by atoms with van der Waals surface area (Å²) in [5.74, 6) is 0.149. The standard InChI is InChI=1S/C11H21N3/c1-10(8-12)9-14(2)7-3-6-13-11-4-5-11/h10-11,13H,3-7,9H2,1-2H3. The van der Waals surface area contributed by atoms with E-state index >= 15 is 0 Å². The minimum absolute atomic E-state index is 0.149. The summed E-state index contributed by atoms with van der Waals surface area (Å²) in [6.45, 7) is 5.07. The zero-order valence-corrected chi connectivity index (χ0v) is 9.29. The van der Waals surface area contributed by atoms with E-state index in [0.717, 1.165) is 25.7 Å². The van der Waals surface area contributed by atoms with Crippen LogP contribution in [0, 0.1) is 17.2 Å². The molecule has 1 saturated carbocycles. The Morgan fingerprint density at radius 2 is 2.29 bits per heavy atom. The van der Waals surface area contributed by atoms with Gasteiger partial charge in [-0.15, -0.1) is 0 Å². The maximum atomic E-state index is 8.65. The Bertz CT molecular complexity index is 193. The highest BCUT2D eigenvalue weighted by Gasteiger charge is 2.19. The molecule has 1 unspecified atom stereocenters. The summed E-state index contributed by atoms with van der Waals surface area (Å²) < 4.78 is 0. The van der Waals surface area contributed by atoms with Crippen molar-refractivity contribution in [2.75, 3.05) is 26.7 Å². The lowest BCUT2D eigenvalue weighted by atomic mass is 10.2. The molecule has 1 N–H and O–H groups in total. The first kappa shape index (κ1) is 11.5. The van der Waals surface area contributed by atoms with E-state index in [9.17, 15) is 0 Å². The highest BCUT2D eigenvalue weighted by molar-refractivity contribution is 4.82. The molecule has 1 rings (SSSR count). The van der Waals surface area contributed by atoms with E-state index in [4.69, 9.17) is 5.26 Å². The lowest BCUT2D eigenvalue weighted by Crippen LogP contribution is -2.28. The van der Waals surface area contributed by atoms with Crippen LogP contribution in [0.1, 0.15) is 26.2 Å². The Morgan fingerprint density at radius 3 is 2.86 bits per heavy atom. The van der Waals surface area contributed by atoms with E-state index in [1.165, 1.54) is 19.3 Å². The molecule has 0 radical (unpaired) electrons. The van der Waals surface area contributed by atoms with Gasteiger partial charge in [0.15, 0.2) is 0 Å². The molecule has 1 fully saturated rings. The second-order valence-electron chi connectivity index (χ2n) is 4.37. The highest BCUT2D eigenvalue weighted by atomic mass is 15.1. The van der Waals surface area contributed by atoms with Crippen LogP contribution in [0.3, 0.4) is 0 Å². The molecule has 1 atom stereocenters. The van der Waals surface area contributed by atoms with Crippen molar-refractivity contribution < 1.29 is 0 Å². The van der Waals surface area contributed by atoms with Crippen molar-refractivity contribution in [2.45, 2.75) is 32.2 Å². The van der Waals surface area contributed by atoms with Gasteiger partial charge in [-0.05, 0) is 46.3 Å². The number of nitrogens with one attached hydrogen (secondary N) is 1. The van der Waals surface area contributed by atoms with Crippen LogP contribution in [0.4, 0.5) is 0 Å². The van der Waals surface area contributed by atoms with Crippen molar-refractivity contribution in [3.8, 4) is 6.07 Å². The van der Waals surface area contributed by atoms with E-state index < -0.39 is 0 Å². The summed E-state index contributed by atoms with van der Waals surface area (Å²) in [6.07, 6.45) is 3.91. The Balaban J connectivity index is 1.91. The monoisotopic (exact) mass is 195 g/mol. The first-order chi connectivity index (χ1) is 6.72. The largest absolute Gasteiger partial charge is 0.314 e. The molecule has 3 heteroatoms. The van der Waals surface area contributed by atoms with Crippen LogP contribution in [-0.4, -0.2) is 37.6 Å². The molecule has 14 heavy (non-hydrogen) atoms. The van der Waals surface area contributed by atoms with Crippen molar-refractivity contribution in [3.05, 3.63) is 0 Å². The van der Waals surface area contributed by atoms with Crippen LogP contribution >= 0.6 is 0 Å². The summed E-state index contributed by atoms with van der Waals surface area (Å²) in [6, 6.07) is 3.08. The van der Waals surface area contributed by atoms with E-state index in [0.29, 0.717) is 0 Å². The third kappa shape index (κ3) is 5.21. The normalized spacial score (nSPS) is 18.1. The lowest BCUT2D eigenvalue weighted by molar-refractivity contribution is 0.304. The molecule has 80 valence electrons. The number of nitrogens with zero attached hydrogens (tertiary/aromatic N) is 2. The van der Waals surface area contributed by atoms with Gasteiger partial charge >= 0.3 is 0 Å².